The Bertz CT molecular complexity index is 218. The average Bonchev–Trinajstić information content (AvgIpc) is 2.59. The van der Waals surface area contributed by atoms with E-state index < -0.39 is 0 Å². The van der Waals surface area contributed by atoms with Crippen molar-refractivity contribution in [1.29, 1.82) is 0 Å². The molecule has 0 aromatic heterocycles. The minimum atomic E-state index is -0.378. The third-order valence-corrected chi connectivity index (χ3v) is 3.19. The van der Waals surface area contributed by atoms with Crippen molar-refractivity contribution in [1.82, 2.24) is 9.80 Å². The lowest BCUT2D eigenvalue weighted by Gasteiger charge is -2.29. The first kappa shape index (κ1) is 12.5. The van der Waals surface area contributed by atoms with Crippen LogP contribution in [0.3, 0.4) is 0 Å². The molecule has 0 radical (unpaired) electrons. The third-order valence-electron chi connectivity index (χ3n) is 3.19. The summed E-state index contributed by atoms with van der Waals surface area (Å²) in [4.78, 5) is 16.0. The van der Waals surface area contributed by atoms with E-state index in [4.69, 9.17) is 5.73 Å². The van der Waals surface area contributed by atoms with Crippen molar-refractivity contribution in [3.63, 3.8) is 0 Å². The summed E-state index contributed by atoms with van der Waals surface area (Å²) in [7, 11) is 2.13. The quantitative estimate of drug-likeness (QED) is 0.729. The largest absolute Gasteiger partial charge is 0.340 e. The molecule has 1 rings (SSSR count). The second-order valence-electron chi connectivity index (χ2n) is 4.44. The van der Waals surface area contributed by atoms with E-state index in [1.54, 1.807) is 6.92 Å². The highest BCUT2D eigenvalue weighted by molar-refractivity contribution is 5.81. The smallest absolute Gasteiger partial charge is 0.239 e. The fourth-order valence-electron chi connectivity index (χ4n) is 2.13. The van der Waals surface area contributed by atoms with Gasteiger partial charge in [-0.1, -0.05) is 0 Å². The molecule has 0 saturated carbocycles. The molecule has 88 valence electrons. The molecular formula is C11H23N3O. The molecule has 1 fully saturated rings. The maximum atomic E-state index is 11.8. The van der Waals surface area contributed by atoms with Crippen LogP contribution in [0.4, 0.5) is 0 Å². The Morgan fingerprint density at radius 2 is 2.33 bits per heavy atom. The summed E-state index contributed by atoms with van der Waals surface area (Å²) < 4.78 is 0. The highest BCUT2D eigenvalue weighted by Crippen LogP contribution is 2.16. The van der Waals surface area contributed by atoms with Gasteiger partial charge in [0.2, 0.25) is 5.91 Å². The summed E-state index contributed by atoms with van der Waals surface area (Å²) in [6.07, 6.45) is 2.43. The molecular weight excluding hydrogens is 190 g/mol. The van der Waals surface area contributed by atoms with E-state index in [-0.39, 0.29) is 11.9 Å². The van der Waals surface area contributed by atoms with Gasteiger partial charge >= 0.3 is 0 Å². The summed E-state index contributed by atoms with van der Waals surface area (Å²) in [5.41, 5.74) is 5.62. The van der Waals surface area contributed by atoms with Crippen molar-refractivity contribution >= 4 is 5.91 Å². The number of rotatable bonds is 4. The van der Waals surface area contributed by atoms with Gasteiger partial charge in [-0.25, -0.2) is 0 Å². The van der Waals surface area contributed by atoms with Crippen molar-refractivity contribution in [3.8, 4) is 0 Å². The van der Waals surface area contributed by atoms with Crippen LogP contribution in [0, 0.1) is 0 Å². The SMILES string of the molecule is CCN(CC1CCCN1C)C(=O)[C@H](C)N. The first-order chi connectivity index (χ1) is 7.06. The lowest BCUT2D eigenvalue weighted by molar-refractivity contribution is -0.132. The zero-order valence-corrected chi connectivity index (χ0v) is 10.1. The van der Waals surface area contributed by atoms with Gasteiger partial charge in [-0.05, 0) is 40.3 Å². The van der Waals surface area contributed by atoms with E-state index in [1.165, 1.54) is 12.8 Å². The second kappa shape index (κ2) is 5.47. The Balaban J connectivity index is 2.49. The van der Waals surface area contributed by atoms with Gasteiger partial charge in [0, 0.05) is 19.1 Å². The van der Waals surface area contributed by atoms with Crippen molar-refractivity contribution in [2.45, 2.75) is 38.8 Å². The molecule has 1 amide bonds. The topological polar surface area (TPSA) is 49.6 Å². The highest BCUT2D eigenvalue weighted by Gasteiger charge is 2.25. The number of carbonyl (C=O) groups is 1. The van der Waals surface area contributed by atoms with Gasteiger partial charge in [-0.3, -0.25) is 4.79 Å². The lowest BCUT2D eigenvalue weighted by Crippen LogP contribution is -2.47. The van der Waals surface area contributed by atoms with E-state index in [2.05, 4.69) is 11.9 Å². The van der Waals surface area contributed by atoms with Crippen molar-refractivity contribution in [2.24, 2.45) is 5.73 Å². The molecule has 1 unspecified atom stereocenters. The van der Waals surface area contributed by atoms with Gasteiger partial charge in [0.25, 0.3) is 0 Å². The van der Waals surface area contributed by atoms with Crippen molar-refractivity contribution in [3.05, 3.63) is 0 Å². The van der Waals surface area contributed by atoms with Gasteiger partial charge < -0.3 is 15.5 Å². The normalized spacial score (nSPS) is 24.1. The number of nitrogens with two attached hydrogens (primary N) is 1. The molecule has 0 spiro atoms. The molecule has 0 aromatic carbocycles. The predicted octanol–water partition coefficient (Wildman–Crippen LogP) is 0.276. The van der Waals surface area contributed by atoms with Gasteiger partial charge in [-0.2, -0.15) is 0 Å². The molecule has 4 nitrogen and oxygen atoms in total. The van der Waals surface area contributed by atoms with E-state index in [0.29, 0.717) is 6.04 Å². The van der Waals surface area contributed by atoms with Crippen LogP contribution in [0.15, 0.2) is 0 Å². The summed E-state index contributed by atoms with van der Waals surface area (Å²) in [5.74, 6) is 0.0674. The second-order valence-corrected chi connectivity index (χ2v) is 4.44. The monoisotopic (exact) mass is 213 g/mol. The first-order valence-electron chi connectivity index (χ1n) is 5.80. The fraction of sp³-hybridized carbons (Fsp3) is 0.909. The maximum absolute atomic E-state index is 11.8. The van der Waals surface area contributed by atoms with Crippen LogP contribution in [0.2, 0.25) is 0 Å². The van der Waals surface area contributed by atoms with Gasteiger partial charge in [0.15, 0.2) is 0 Å². The molecule has 1 aliphatic heterocycles. The van der Waals surface area contributed by atoms with Gasteiger partial charge in [0.05, 0.1) is 6.04 Å². The fourth-order valence-corrected chi connectivity index (χ4v) is 2.13. The summed E-state index contributed by atoms with van der Waals surface area (Å²) in [6, 6.07) is 0.143. The number of likely N-dealkylation sites (N-methyl/N-ethyl adjacent to an activating group) is 2. The summed E-state index contributed by atoms with van der Waals surface area (Å²) in [5, 5.41) is 0. The van der Waals surface area contributed by atoms with Crippen LogP contribution in [-0.2, 0) is 4.79 Å². The van der Waals surface area contributed by atoms with Crippen LogP contribution in [0.1, 0.15) is 26.7 Å². The standard InChI is InChI=1S/C11H23N3O/c1-4-14(11(15)9(2)12)8-10-6-5-7-13(10)3/h9-10H,4-8,12H2,1-3H3/t9-,10?/m0/s1. The number of nitrogens with zero attached hydrogens (tertiary/aromatic N) is 2. The minimum absolute atomic E-state index is 0.0674. The number of hydrogen-bond acceptors (Lipinski definition) is 3. The lowest BCUT2D eigenvalue weighted by atomic mass is 10.2. The van der Waals surface area contributed by atoms with Crippen LogP contribution in [0.5, 0.6) is 0 Å². The minimum Gasteiger partial charge on any atom is -0.340 e. The Labute approximate surface area is 92.4 Å². The molecule has 1 aliphatic rings. The molecule has 1 saturated heterocycles. The summed E-state index contributed by atoms with van der Waals surface area (Å²) in [6.45, 7) is 6.49. The average molecular weight is 213 g/mol. The first-order valence-corrected chi connectivity index (χ1v) is 5.80. The molecule has 1 heterocycles. The molecule has 2 N–H and O–H groups in total. The van der Waals surface area contributed by atoms with Crippen molar-refractivity contribution < 1.29 is 4.79 Å². The van der Waals surface area contributed by atoms with E-state index in [9.17, 15) is 4.79 Å². The number of amides is 1. The van der Waals surface area contributed by atoms with Crippen LogP contribution < -0.4 is 5.73 Å². The Morgan fingerprint density at radius 3 is 2.73 bits per heavy atom. The molecule has 4 heteroatoms. The Hall–Kier alpha value is -0.610. The number of hydrogen-bond donors (Lipinski definition) is 1. The predicted molar refractivity (Wildman–Crippen MR) is 61.6 cm³/mol. The molecule has 2 atom stereocenters. The van der Waals surface area contributed by atoms with Gasteiger partial charge in [0.1, 0.15) is 0 Å². The molecule has 0 aliphatic carbocycles. The Kier molecular flexibility index (Phi) is 4.54. The van der Waals surface area contributed by atoms with E-state index in [0.717, 1.165) is 19.6 Å². The van der Waals surface area contributed by atoms with Crippen LogP contribution >= 0.6 is 0 Å². The van der Waals surface area contributed by atoms with Crippen LogP contribution in [-0.4, -0.2) is 54.5 Å². The number of likely N-dealkylation sites (tertiary alicyclic amines) is 1. The molecule has 15 heavy (non-hydrogen) atoms. The van der Waals surface area contributed by atoms with Crippen molar-refractivity contribution in [2.75, 3.05) is 26.7 Å². The maximum Gasteiger partial charge on any atom is 0.239 e. The van der Waals surface area contributed by atoms with Gasteiger partial charge in [-0.15, -0.1) is 0 Å². The Morgan fingerprint density at radius 1 is 1.67 bits per heavy atom. The third kappa shape index (κ3) is 3.18. The zero-order chi connectivity index (χ0) is 11.4. The molecule has 0 bridgehead atoms. The van der Waals surface area contributed by atoms with Crippen LogP contribution in [0.25, 0.3) is 0 Å². The summed E-state index contributed by atoms with van der Waals surface area (Å²) >= 11 is 0. The highest BCUT2D eigenvalue weighted by atomic mass is 16.2. The van der Waals surface area contributed by atoms with E-state index >= 15 is 0 Å². The molecule has 0 aromatic rings. The van der Waals surface area contributed by atoms with E-state index in [1.807, 2.05) is 11.8 Å². The number of carbonyl (C=O) groups excluding carboxylic acids is 1. The zero-order valence-electron chi connectivity index (χ0n) is 10.1.